The first kappa shape index (κ1) is 21.4. The van der Waals surface area contributed by atoms with Gasteiger partial charge in [0.05, 0.1) is 17.5 Å². The molecule has 0 fully saturated rings. The summed E-state index contributed by atoms with van der Waals surface area (Å²) in [7, 11) is 0. The average Bonchev–Trinajstić information content (AvgIpc) is 3.23. The summed E-state index contributed by atoms with van der Waals surface area (Å²) >= 11 is 6.22. The van der Waals surface area contributed by atoms with Gasteiger partial charge in [-0.2, -0.15) is 10.4 Å². The molecule has 1 heterocycles. The molecular formula is C27H23ClN4. The number of allylic oxidation sites excluding steroid dienone is 1. The molecule has 4 rings (SSSR count). The van der Waals surface area contributed by atoms with Gasteiger partial charge in [0.1, 0.15) is 0 Å². The normalized spacial score (nSPS) is 11.2. The van der Waals surface area contributed by atoms with Crippen LogP contribution in [0.15, 0.2) is 90.8 Å². The second-order valence-electron chi connectivity index (χ2n) is 7.72. The number of rotatable bonds is 6. The molecule has 0 spiro atoms. The summed E-state index contributed by atoms with van der Waals surface area (Å²) in [5.41, 5.74) is 7.49. The van der Waals surface area contributed by atoms with E-state index >= 15 is 0 Å². The van der Waals surface area contributed by atoms with Crippen LogP contribution in [0.4, 0.5) is 5.69 Å². The smallest absolute Gasteiger partial charge is 0.0965 e. The summed E-state index contributed by atoms with van der Waals surface area (Å²) in [6.45, 7) is 4.02. The minimum absolute atomic E-state index is 0.457. The molecule has 4 aromatic rings. The van der Waals surface area contributed by atoms with Gasteiger partial charge in [0.2, 0.25) is 0 Å². The SMILES string of the molecule is Cc1ccc(-c2nn(-c3ccccc3)cc2CC(C#N)=CNc2ccc(C)c(Cl)c2)cc1. The van der Waals surface area contributed by atoms with E-state index in [4.69, 9.17) is 16.7 Å². The summed E-state index contributed by atoms with van der Waals surface area (Å²) in [6.07, 6.45) is 4.19. The number of hydrogen-bond donors (Lipinski definition) is 1. The third kappa shape index (κ3) is 4.91. The Morgan fingerprint density at radius 3 is 2.50 bits per heavy atom. The predicted molar refractivity (Wildman–Crippen MR) is 131 cm³/mol. The van der Waals surface area contributed by atoms with Crippen LogP contribution in [-0.4, -0.2) is 9.78 Å². The largest absolute Gasteiger partial charge is 0.361 e. The summed E-state index contributed by atoms with van der Waals surface area (Å²) in [6, 6.07) is 26.3. The summed E-state index contributed by atoms with van der Waals surface area (Å²) < 4.78 is 1.87. The molecular weight excluding hydrogens is 416 g/mol. The maximum atomic E-state index is 9.77. The van der Waals surface area contributed by atoms with Crippen LogP contribution in [0.25, 0.3) is 16.9 Å². The van der Waals surface area contributed by atoms with Gasteiger partial charge in [0.25, 0.3) is 0 Å². The molecule has 0 amide bonds. The molecule has 0 radical (unpaired) electrons. The van der Waals surface area contributed by atoms with Crippen molar-refractivity contribution in [3.05, 3.63) is 112 Å². The molecule has 5 heteroatoms. The van der Waals surface area contributed by atoms with E-state index in [-0.39, 0.29) is 0 Å². The number of nitriles is 1. The molecule has 0 saturated carbocycles. The number of nitrogens with zero attached hydrogens (tertiary/aromatic N) is 3. The molecule has 0 aliphatic heterocycles. The predicted octanol–water partition coefficient (Wildman–Crippen LogP) is 6.87. The van der Waals surface area contributed by atoms with Crippen molar-refractivity contribution in [3.8, 4) is 23.0 Å². The highest BCUT2D eigenvalue weighted by Gasteiger charge is 2.14. The molecule has 0 atom stereocenters. The zero-order valence-electron chi connectivity index (χ0n) is 18.0. The Balaban J connectivity index is 1.67. The Kier molecular flexibility index (Phi) is 6.39. The van der Waals surface area contributed by atoms with E-state index in [0.717, 1.165) is 33.8 Å². The van der Waals surface area contributed by atoms with Crippen LogP contribution >= 0.6 is 11.6 Å². The molecule has 0 bridgehead atoms. The Labute approximate surface area is 193 Å². The minimum atomic E-state index is 0.457. The molecule has 0 unspecified atom stereocenters. The monoisotopic (exact) mass is 438 g/mol. The average molecular weight is 439 g/mol. The molecule has 0 aliphatic rings. The Morgan fingerprint density at radius 1 is 1.06 bits per heavy atom. The van der Waals surface area contributed by atoms with Crippen LogP contribution in [0, 0.1) is 25.2 Å². The van der Waals surface area contributed by atoms with E-state index in [9.17, 15) is 5.26 Å². The fourth-order valence-corrected chi connectivity index (χ4v) is 3.57. The van der Waals surface area contributed by atoms with Crippen molar-refractivity contribution in [1.82, 2.24) is 9.78 Å². The molecule has 158 valence electrons. The van der Waals surface area contributed by atoms with Crippen molar-refractivity contribution in [3.63, 3.8) is 0 Å². The second-order valence-corrected chi connectivity index (χ2v) is 8.12. The third-order valence-electron chi connectivity index (χ3n) is 5.25. The van der Waals surface area contributed by atoms with E-state index in [1.807, 2.05) is 66.3 Å². The number of para-hydroxylation sites is 1. The quantitative estimate of drug-likeness (QED) is 0.334. The van der Waals surface area contributed by atoms with Gasteiger partial charge >= 0.3 is 0 Å². The molecule has 1 aromatic heterocycles. The number of nitrogens with one attached hydrogen (secondary N) is 1. The van der Waals surface area contributed by atoms with E-state index in [2.05, 4.69) is 42.6 Å². The highest BCUT2D eigenvalue weighted by molar-refractivity contribution is 6.31. The lowest BCUT2D eigenvalue weighted by molar-refractivity contribution is 0.883. The summed E-state index contributed by atoms with van der Waals surface area (Å²) in [5.74, 6) is 0. The van der Waals surface area contributed by atoms with Crippen LogP contribution in [-0.2, 0) is 6.42 Å². The molecule has 1 N–H and O–H groups in total. The first-order valence-electron chi connectivity index (χ1n) is 10.4. The lowest BCUT2D eigenvalue weighted by Gasteiger charge is -2.06. The Morgan fingerprint density at radius 2 is 1.81 bits per heavy atom. The van der Waals surface area contributed by atoms with Gasteiger partial charge in [-0.1, -0.05) is 65.7 Å². The lowest BCUT2D eigenvalue weighted by atomic mass is 10.0. The Hall–Kier alpha value is -3.81. The second kappa shape index (κ2) is 9.55. The van der Waals surface area contributed by atoms with Gasteiger partial charge in [-0.15, -0.1) is 0 Å². The van der Waals surface area contributed by atoms with Crippen LogP contribution in [0.2, 0.25) is 5.02 Å². The summed E-state index contributed by atoms with van der Waals surface area (Å²) in [5, 5.41) is 18.5. The maximum absolute atomic E-state index is 9.77. The standard InChI is InChI=1S/C27H23ClN4/c1-19-8-11-22(12-9-19)27-23(18-32(31-27)25-6-4-3-5-7-25)14-21(16-29)17-30-24-13-10-20(2)26(28)15-24/h3-13,15,17-18,30H,14H2,1-2H3. The van der Waals surface area contributed by atoms with E-state index in [0.29, 0.717) is 17.0 Å². The van der Waals surface area contributed by atoms with Crippen molar-refractivity contribution in [1.29, 1.82) is 5.26 Å². The molecule has 4 nitrogen and oxygen atoms in total. The first-order valence-corrected chi connectivity index (χ1v) is 10.7. The minimum Gasteiger partial charge on any atom is -0.361 e. The third-order valence-corrected chi connectivity index (χ3v) is 5.65. The number of benzene rings is 3. The van der Waals surface area contributed by atoms with E-state index in [1.165, 1.54) is 5.56 Å². The number of anilines is 1. The van der Waals surface area contributed by atoms with Gasteiger partial charge in [0.15, 0.2) is 0 Å². The van der Waals surface area contributed by atoms with Crippen molar-refractivity contribution in [2.24, 2.45) is 0 Å². The molecule has 3 aromatic carbocycles. The van der Waals surface area contributed by atoms with Crippen LogP contribution in [0.1, 0.15) is 16.7 Å². The van der Waals surface area contributed by atoms with Gasteiger partial charge in [0, 0.05) is 46.2 Å². The van der Waals surface area contributed by atoms with Crippen molar-refractivity contribution >= 4 is 17.3 Å². The Bertz CT molecular complexity index is 1300. The first-order chi connectivity index (χ1) is 15.5. The topological polar surface area (TPSA) is 53.6 Å². The van der Waals surface area contributed by atoms with Gasteiger partial charge < -0.3 is 5.32 Å². The van der Waals surface area contributed by atoms with Crippen molar-refractivity contribution in [2.45, 2.75) is 20.3 Å². The van der Waals surface area contributed by atoms with E-state index in [1.54, 1.807) is 6.20 Å². The molecule has 0 aliphatic carbocycles. The van der Waals surface area contributed by atoms with Crippen molar-refractivity contribution in [2.75, 3.05) is 5.32 Å². The number of aromatic nitrogens is 2. The van der Waals surface area contributed by atoms with Crippen LogP contribution in [0.3, 0.4) is 0 Å². The molecule has 0 saturated heterocycles. The summed E-state index contributed by atoms with van der Waals surface area (Å²) in [4.78, 5) is 0. The van der Waals surface area contributed by atoms with Gasteiger partial charge in [-0.3, -0.25) is 0 Å². The molecule has 32 heavy (non-hydrogen) atoms. The fraction of sp³-hybridized carbons (Fsp3) is 0.111. The maximum Gasteiger partial charge on any atom is 0.0965 e. The van der Waals surface area contributed by atoms with Crippen LogP contribution < -0.4 is 5.32 Å². The lowest BCUT2D eigenvalue weighted by Crippen LogP contribution is -1.95. The zero-order chi connectivity index (χ0) is 22.5. The van der Waals surface area contributed by atoms with Gasteiger partial charge in [-0.25, -0.2) is 4.68 Å². The fourth-order valence-electron chi connectivity index (χ4n) is 3.39. The highest BCUT2D eigenvalue weighted by Crippen LogP contribution is 2.26. The zero-order valence-corrected chi connectivity index (χ0v) is 18.8. The highest BCUT2D eigenvalue weighted by atomic mass is 35.5. The number of halogens is 1. The number of hydrogen-bond acceptors (Lipinski definition) is 3. The van der Waals surface area contributed by atoms with Crippen molar-refractivity contribution < 1.29 is 0 Å². The van der Waals surface area contributed by atoms with Crippen LogP contribution in [0.5, 0.6) is 0 Å². The number of aryl methyl sites for hydroxylation is 2. The van der Waals surface area contributed by atoms with E-state index < -0.39 is 0 Å². The van der Waals surface area contributed by atoms with Gasteiger partial charge in [-0.05, 0) is 43.7 Å².